The molecular formula is C6H11O2. The third kappa shape index (κ3) is 1.96. The highest BCUT2D eigenvalue weighted by atomic mass is 16.5. The Morgan fingerprint density at radius 1 is 1.62 bits per heavy atom. The van der Waals surface area contributed by atoms with Gasteiger partial charge in [-0.15, -0.1) is 0 Å². The summed E-state index contributed by atoms with van der Waals surface area (Å²) in [6.07, 6.45) is 0.771. The van der Waals surface area contributed by atoms with Gasteiger partial charge in [0.1, 0.15) is 0 Å². The van der Waals surface area contributed by atoms with Crippen LogP contribution in [0.1, 0.15) is 20.3 Å². The topological polar surface area (TPSA) is 26.3 Å². The largest absolute Gasteiger partial charge is 0.469 e. The summed E-state index contributed by atoms with van der Waals surface area (Å²) < 4.78 is 4.43. The molecule has 0 amide bonds. The van der Waals surface area contributed by atoms with Gasteiger partial charge in [0.05, 0.1) is 13.0 Å². The zero-order chi connectivity index (χ0) is 6.57. The fourth-order valence-electron chi connectivity index (χ4n) is 0.319. The van der Waals surface area contributed by atoms with Gasteiger partial charge in [0, 0.05) is 0 Å². The number of hydrogen-bond acceptors (Lipinski definition) is 2. The number of hydrogen-bond donors (Lipinski definition) is 0. The monoisotopic (exact) mass is 115 g/mol. The Hall–Kier alpha value is -0.530. The summed E-state index contributed by atoms with van der Waals surface area (Å²) in [5.74, 6) is 0.569. The Balaban J connectivity index is 3.46. The lowest BCUT2D eigenvalue weighted by molar-refractivity contribution is -0.138. The summed E-state index contributed by atoms with van der Waals surface area (Å²) in [5, 5.41) is 0. The third-order valence-corrected chi connectivity index (χ3v) is 1.06. The zero-order valence-electron chi connectivity index (χ0n) is 5.52. The van der Waals surface area contributed by atoms with Gasteiger partial charge < -0.3 is 4.74 Å². The van der Waals surface area contributed by atoms with Crippen LogP contribution in [0.25, 0.3) is 0 Å². The highest BCUT2D eigenvalue weighted by Gasteiger charge is 2.09. The van der Waals surface area contributed by atoms with Crippen molar-refractivity contribution in [2.75, 3.05) is 7.11 Å². The molecule has 47 valence electrons. The van der Waals surface area contributed by atoms with E-state index in [-0.39, 0.29) is 5.97 Å². The predicted octanol–water partition coefficient (Wildman–Crippen LogP) is 1.16. The summed E-state index contributed by atoms with van der Waals surface area (Å²) in [4.78, 5) is 10.5. The van der Waals surface area contributed by atoms with E-state index in [4.69, 9.17) is 0 Å². The molecule has 0 bridgehead atoms. The van der Waals surface area contributed by atoms with Crippen LogP contribution in [0.15, 0.2) is 0 Å². The summed E-state index contributed by atoms with van der Waals surface area (Å²) >= 11 is 0. The molecule has 0 aliphatic heterocycles. The number of ether oxygens (including phenoxy) is 1. The Bertz CT molecular complexity index is 78.6. The maximum Gasteiger partial charge on any atom is 0.312 e. The van der Waals surface area contributed by atoms with Crippen molar-refractivity contribution < 1.29 is 9.53 Å². The first-order valence-corrected chi connectivity index (χ1v) is 2.63. The van der Waals surface area contributed by atoms with E-state index in [1.807, 2.05) is 6.92 Å². The van der Waals surface area contributed by atoms with Gasteiger partial charge >= 0.3 is 5.97 Å². The van der Waals surface area contributed by atoms with Crippen LogP contribution in [0, 0.1) is 5.92 Å². The zero-order valence-corrected chi connectivity index (χ0v) is 5.52. The van der Waals surface area contributed by atoms with Crippen molar-refractivity contribution in [3.8, 4) is 0 Å². The molecule has 0 N–H and O–H groups in total. The molecule has 0 fully saturated rings. The van der Waals surface area contributed by atoms with E-state index in [0.717, 1.165) is 12.3 Å². The maximum atomic E-state index is 10.5. The van der Waals surface area contributed by atoms with Crippen molar-refractivity contribution >= 4 is 5.97 Å². The van der Waals surface area contributed by atoms with Crippen molar-refractivity contribution in [2.45, 2.75) is 20.3 Å². The third-order valence-electron chi connectivity index (χ3n) is 1.06. The lowest BCUT2D eigenvalue weighted by atomic mass is 10.1. The first-order valence-electron chi connectivity index (χ1n) is 2.63. The molecule has 0 unspecified atom stereocenters. The second kappa shape index (κ2) is 3.47. The number of methoxy groups -OCH3 is 1. The first-order chi connectivity index (χ1) is 3.72. The van der Waals surface area contributed by atoms with Gasteiger partial charge in [0.2, 0.25) is 0 Å². The van der Waals surface area contributed by atoms with Gasteiger partial charge in [0.15, 0.2) is 0 Å². The summed E-state index contributed by atoms with van der Waals surface area (Å²) in [7, 11) is 1.39. The Labute approximate surface area is 49.8 Å². The fourth-order valence-corrected chi connectivity index (χ4v) is 0.319. The van der Waals surface area contributed by atoms with Gasteiger partial charge in [-0.1, -0.05) is 6.92 Å². The molecule has 0 aliphatic carbocycles. The molecule has 8 heavy (non-hydrogen) atoms. The fraction of sp³-hybridized carbons (Fsp3) is 0.667. The number of carbonyl (C=O) groups is 1. The van der Waals surface area contributed by atoms with Crippen LogP contribution in [0.3, 0.4) is 0 Å². The Morgan fingerprint density at radius 3 is 2.25 bits per heavy atom. The van der Waals surface area contributed by atoms with Crippen molar-refractivity contribution in [3.05, 3.63) is 5.92 Å². The van der Waals surface area contributed by atoms with Crippen LogP contribution < -0.4 is 0 Å². The van der Waals surface area contributed by atoms with E-state index in [1.165, 1.54) is 7.11 Å². The summed E-state index contributed by atoms with van der Waals surface area (Å²) in [6.45, 7) is 3.69. The molecule has 0 atom stereocenters. The van der Waals surface area contributed by atoms with Gasteiger partial charge in [0.25, 0.3) is 0 Å². The van der Waals surface area contributed by atoms with Crippen molar-refractivity contribution in [2.24, 2.45) is 0 Å². The SMILES string of the molecule is CC[C](C)C(=O)OC. The lowest BCUT2D eigenvalue weighted by Gasteiger charge is -2.01. The van der Waals surface area contributed by atoms with Crippen LogP contribution in [0.4, 0.5) is 0 Å². The minimum Gasteiger partial charge on any atom is -0.469 e. The van der Waals surface area contributed by atoms with Gasteiger partial charge in [-0.2, -0.15) is 0 Å². The molecule has 2 nitrogen and oxygen atoms in total. The van der Waals surface area contributed by atoms with Crippen LogP contribution >= 0.6 is 0 Å². The van der Waals surface area contributed by atoms with E-state index in [0.29, 0.717) is 0 Å². The molecule has 0 heterocycles. The second-order valence-electron chi connectivity index (χ2n) is 1.63. The van der Waals surface area contributed by atoms with Gasteiger partial charge in [-0.25, -0.2) is 0 Å². The van der Waals surface area contributed by atoms with Gasteiger partial charge in [-0.05, 0) is 13.3 Å². The number of rotatable bonds is 2. The van der Waals surface area contributed by atoms with Gasteiger partial charge in [-0.3, -0.25) is 4.79 Å². The maximum absolute atomic E-state index is 10.5. The molecule has 0 saturated carbocycles. The van der Waals surface area contributed by atoms with Crippen LogP contribution in [0.2, 0.25) is 0 Å². The lowest BCUT2D eigenvalue weighted by Crippen LogP contribution is -2.08. The highest BCUT2D eigenvalue weighted by molar-refractivity contribution is 5.83. The van der Waals surface area contributed by atoms with E-state index in [9.17, 15) is 4.79 Å². The van der Waals surface area contributed by atoms with Crippen LogP contribution in [-0.2, 0) is 9.53 Å². The Morgan fingerprint density at radius 2 is 2.12 bits per heavy atom. The molecule has 0 aromatic rings. The smallest absolute Gasteiger partial charge is 0.312 e. The van der Waals surface area contributed by atoms with Crippen LogP contribution in [0.5, 0.6) is 0 Å². The summed E-state index contributed by atoms with van der Waals surface area (Å²) in [6, 6.07) is 0. The molecule has 0 aromatic heterocycles. The normalized spacial score (nSPS) is 9.50. The van der Waals surface area contributed by atoms with Crippen LogP contribution in [-0.4, -0.2) is 13.1 Å². The highest BCUT2D eigenvalue weighted by Crippen LogP contribution is 2.03. The number of carbonyl (C=O) groups excluding carboxylic acids is 1. The molecule has 0 saturated heterocycles. The second-order valence-corrected chi connectivity index (χ2v) is 1.63. The molecule has 0 aliphatic rings. The van der Waals surface area contributed by atoms with E-state index in [1.54, 1.807) is 6.92 Å². The van der Waals surface area contributed by atoms with E-state index < -0.39 is 0 Å². The molecular weight excluding hydrogens is 104 g/mol. The summed E-state index contributed by atoms with van der Waals surface area (Å²) in [5.41, 5.74) is 0. The Kier molecular flexibility index (Phi) is 3.24. The average molecular weight is 115 g/mol. The minimum absolute atomic E-state index is 0.201. The minimum atomic E-state index is -0.201. The van der Waals surface area contributed by atoms with E-state index in [2.05, 4.69) is 4.74 Å². The first kappa shape index (κ1) is 7.47. The number of esters is 1. The average Bonchev–Trinajstić information content (AvgIpc) is 1.84. The molecule has 1 radical (unpaired) electrons. The molecule has 0 aromatic carbocycles. The van der Waals surface area contributed by atoms with Crippen molar-refractivity contribution in [1.82, 2.24) is 0 Å². The molecule has 0 rings (SSSR count). The van der Waals surface area contributed by atoms with E-state index >= 15 is 0 Å². The van der Waals surface area contributed by atoms with Crippen molar-refractivity contribution in [1.29, 1.82) is 0 Å². The molecule has 0 spiro atoms. The quantitative estimate of drug-likeness (QED) is 0.505. The molecule has 2 heteroatoms. The van der Waals surface area contributed by atoms with Crippen molar-refractivity contribution in [3.63, 3.8) is 0 Å². The predicted molar refractivity (Wildman–Crippen MR) is 31.2 cm³/mol. The standard InChI is InChI=1S/C6H11O2/c1-4-5(2)6(7)8-3/h4H2,1-3H3.